The Balaban J connectivity index is 2.34. The van der Waals surface area contributed by atoms with Crippen LogP contribution in [0.5, 0.6) is 0 Å². The fourth-order valence-corrected chi connectivity index (χ4v) is 2.41. The Morgan fingerprint density at radius 1 is 1.48 bits per heavy atom. The molecule has 1 aliphatic carbocycles. The molecule has 5 heteroatoms. The van der Waals surface area contributed by atoms with Crippen LogP contribution in [0, 0.1) is 17.8 Å². The number of rotatable bonds is 4. The summed E-state index contributed by atoms with van der Waals surface area (Å²) in [5, 5.41) is 9.36. The molecule has 0 bridgehead atoms. The molecule has 0 radical (unpaired) electrons. The Bertz CT molecular complexity index is 688. The van der Waals surface area contributed by atoms with Gasteiger partial charge in [0, 0.05) is 25.1 Å². The molecule has 0 aromatic carbocycles. The first kappa shape index (κ1) is 15.3. The Morgan fingerprint density at radius 3 is 3.00 bits per heavy atom. The maximum atomic E-state index is 12.0. The van der Waals surface area contributed by atoms with Gasteiger partial charge >= 0.3 is 5.69 Å². The molecule has 1 aromatic rings. The van der Waals surface area contributed by atoms with Gasteiger partial charge in [0.1, 0.15) is 5.56 Å². The second-order valence-corrected chi connectivity index (χ2v) is 5.21. The largest absolute Gasteiger partial charge is 0.396 e. The molecule has 112 valence electrons. The number of aliphatic hydroxyl groups excluding tert-OH is 1. The van der Waals surface area contributed by atoms with E-state index in [9.17, 15) is 14.7 Å². The summed E-state index contributed by atoms with van der Waals surface area (Å²) in [5.74, 6) is 5.75. The summed E-state index contributed by atoms with van der Waals surface area (Å²) in [6, 6.07) is -0.226. The minimum atomic E-state index is -0.464. The van der Waals surface area contributed by atoms with E-state index in [1.807, 2.05) is 12.2 Å². The van der Waals surface area contributed by atoms with Crippen LogP contribution in [0.1, 0.15) is 44.2 Å². The van der Waals surface area contributed by atoms with E-state index in [0.717, 1.165) is 25.7 Å². The summed E-state index contributed by atoms with van der Waals surface area (Å²) in [7, 11) is 0. The van der Waals surface area contributed by atoms with Crippen molar-refractivity contribution in [1.29, 1.82) is 0 Å². The normalized spacial score (nSPS) is 20.3. The summed E-state index contributed by atoms with van der Waals surface area (Å²) >= 11 is 0. The maximum Gasteiger partial charge on any atom is 0.328 e. The molecule has 2 N–H and O–H groups in total. The highest BCUT2D eigenvalue weighted by molar-refractivity contribution is 5.30. The highest BCUT2D eigenvalue weighted by Crippen LogP contribution is 2.27. The van der Waals surface area contributed by atoms with Crippen molar-refractivity contribution in [2.75, 3.05) is 6.61 Å². The van der Waals surface area contributed by atoms with Crippen LogP contribution in [0.3, 0.4) is 0 Å². The van der Waals surface area contributed by atoms with Crippen LogP contribution < -0.4 is 11.2 Å². The Labute approximate surface area is 123 Å². The van der Waals surface area contributed by atoms with Gasteiger partial charge in [-0.25, -0.2) is 4.79 Å². The number of aliphatic hydroxyl groups is 1. The molecule has 5 nitrogen and oxygen atoms in total. The lowest BCUT2D eigenvalue weighted by Gasteiger charge is -2.19. The van der Waals surface area contributed by atoms with E-state index >= 15 is 0 Å². The van der Waals surface area contributed by atoms with Crippen molar-refractivity contribution < 1.29 is 5.11 Å². The minimum Gasteiger partial charge on any atom is -0.396 e. The monoisotopic (exact) mass is 288 g/mol. The molecule has 0 saturated carbocycles. The molecule has 1 heterocycles. The minimum absolute atomic E-state index is 0.000739. The predicted octanol–water partition coefficient (Wildman–Crippen LogP) is 1.19. The first-order valence-electron chi connectivity index (χ1n) is 7.29. The SMILES string of the molecule is CCCCC#Cc1cn([C@@H]2C=CC[C@@H]2CO)c(=O)[nH]c1=O. The van der Waals surface area contributed by atoms with Crippen LogP contribution in [0.15, 0.2) is 27.9 Å². The van der Waals surface area contributed by atoms with Gasteiger partial charge in [0.25, 0.3) is 5.56 Å². The van der Waals surface area contributed by atoms with E-state index in [4.69, 9.17) is 0 Å². The molecule has 0 aliphatic heterocycles. The van der Waals surface area contributed by atoms with E-state index in [1.165, 1.54) is 10.8 Å². The van der Waals surface area contributed by atoms with Crippen molar-refractivity contribution in [1.82, 2.24) is 9.55 Å². The second-order valence-electron chi connectivity index (χ2n) is 5.21. The maximum absolute atomic E-state index is 12.0. The molecule has 0 fully saturated rings. The molecular formula is C16H20N2O3. The summed E-state index contributed by atoms with van der Waals surface area (Å²) in [4.78, 5) is 26.0. The average Bonchev–Trinajstić information content (AvgIpc) is 2.93. The summed E-state index contributed by atoms with van der Waals surface area (Å²) in [6.07, 6.45) is 8.83. The first-order chi connectivity index (χ1) is 10.2. The predicted molar refractivity (Wildman–Crippen MR) is 81.1 cm³/mol. The van der Waals surface area contributed by atoms with Crippen LogP contribution in [0.2, 0.25) is 0 Å². The smallest absolute Gasteiger partial charge is 0.328 e. The van der Waals surface area contributed by atoms with Gasteiger partial charge in [0.15, 0.2) is 0 Å². The van der Waals surface area contributed by atoms with Crippen molar-refractivity contribution in [3.63, 3.8) is 0 Å². The fraction of sp³-hybridized carbons (Fsp3) is 0.500. The van der Waals surface area contributed by atoms with E-state index in [-0.39, 0.29) is 18.6 Å². The van der Waals surface area contributed by atoms with Crippen LogP contribution in [0.25, 0.3) is 0 Å². The van der Waals surface area contributed by atoms with Gasteiger partial charge in [-0.15, -0.1) is 0 Å². The number of nitrogens with one attached hydrogen (secondary N) is 1. The number of hydrogen-bond acceptors (Lipinski definition) is 3. The van der Waals surface area contributed by atoms with E-state index in [2.05, 4.69) is 23.7 Å². The van der Waals surface area contributed by atoms with Gasteiger partial charge in [-0.1, -0.05) is 37.3 Å². The van der Waals surface area contributed by atoms with Crippen molar-refractivity contribution in [2.45, 2.75) is 38.6 Å². The third-order valence-electron chi connectivity index (χ3n) is 3.66. The zero-order chi connectivity index (χ0) is 15.2. The number of hydrogen-bond donors (Lipinski definition) is 2. The van der Waals surface area contributed by atoms with Gasteiger partial charge in [0.05, 0.1) is 6.04 Å². The summed E-state index contributed by atoms with van der Waals surface area (Å²) < 4.78 is 1.45. The molecular weight excluding hydrogens is 268 g/mol. The number of nitrogens with zero attached hydrogens (tertiary/aromatic N) is 1. The summed E-state index contributed by atoms with van der Waals surface area (Å²) in [5.41, 5.74) is -0.625. The van der Waals surface area contributed by atoms with E-state index in [0.29, 0.717) is 5.56 Å². The number of aromatic amines is 1. The van der Waals surface area contributed by atoms with Gasteiger partial charge in [-0.3, -0.25) is 14.3 Å². The highest BCUT2D eigenvalue weighted by atomic mass is 16.3. The molecule has 0 spiro atoms. The van der Waals surface area contributed by atoms with Crippen LogP contribution in [0.4, 0.5) is 0 Å². The Hall–Kier alpha value is -2.06. The number of H-pyrrole nitrogens is 1. The standard InChI is InChI=1S/C16H20N2O3/c1-2-3-4-5-7-12-10-18(16(21)17-15(12)20)14-9-6-8-13(14)11-19/h6,9-10,13-14,19H,2-4,8,11H2,1H3,(H,17,20,21)/t13-,14-/m1/s1. The lowest BCUT2D eigenvalue weighted by Crippen LogP contribution is -2.35. The van der Waals surface area contributed by atoms with Gasteiger partial charge < -0.3 is 5.11 Å². The second kappa shape index (κ2) is 7.09. The van der Waals surface area contributed by atoms with Gasteiger partial charge in [-0.2, -0.15) is 0 Å². The highest BCUT2D eigenvalue weighted by Gasteiger charge is 2.24. The lowest BCUT2D eigenvalue weighted by atomic mass is 10.0. The van der Waals surface area contributed by atoms with E-state index in [1.54, 1.807) is 0 Å². The van der Waals surface area contributed by atoms with Crippen LogP contribution in [-0.4, -0.2) is 21.3 Å². The Kier molecular flexibility index (Phi) is 5.18. The fourth-order valence-electron chi connectivity index (χ4n) is 2.41. The van der Waals surface area contributed by atoms with E-state index < -0.39 is 11.2 Å². The van der Waals surface area contributed by atoms with Crippen LogP contribution in [-0.2, 0) is 0 Å². The average molecular weight is 288 g/mol. The number of unbranched alkanes of at least 4 members (excludes halogenated alkanes) is 2. The number of aromatic nitrogens is 2. The van der Waals surface area contributed by atoms with Crippen molar-refractivity contribution in [3.8, 4) is 11.8 Å². The topological polar surface area (TPSA) is 75.1 Å². The molecule has 0 saturated heterocycles. The number of allylic oxidation sites excluding steroid dienone is 2. The third-order valence-corrected chi connectivity index (χ3v) is 3.66. The molecule has 21 heavy (non-hydrogen) atoms. The van der Waals surface area contributed by atoms with Crippen molar-refractivity contribution in [3.05, 3.63) is 44.8 Å². The Morgan fingerprint density at radius 2 is 2.29 bits per heavy atom. The molecule has 2 atom stereocenters. The van der Waals surface area contributed by atoms with Crippen molar-refractivity contribution in [2.24, 2.45) is 5.92 Å². The zero-order valence-electron chi connectivity index (χ0n) is 12.1. The molecule has 1 aliphatic rings. The van der Waals surface area contributed by atoms with Gasteiger partial charge in [-0.05, 0) is 12.8 Å². The van der Waals surface area contributed by atoms with Gasteiger partial charge in [0.2, 0.25) is 0 Å². The quantitative estimate of drug-likeness (QED) is 0.496. The zero-order valence-corrected chi connectivity index (χ0v) is 12.1. The van der Waals surface area contributed by atoms with Crippen molar-refractivity contribution >= 4 is 0 Å². The molecule has 0 unspecified atom stereocenters. The molecule has 1 aromatic heterocycles. The lowest BCUT2D eigenvalue weighted by molar-refractivity contribution is 0.202. The van der Waals surface area contributed by atoms with Crippen LogP contribution >= 0.6 is 0 Å². The third kappa shape index (κ3) is 3.53. The first-order valence-corrected chi connectivity index (χ1v) is 7.29. The summed E-state index contributed by atoms with van der Waals surface area (Å²) in [6.45, 7) is 2.08. The molecule has 0 amide bonds. The molecule has 2 rings (SSSR count).